The predicted molar refractivity (Wildman–Crippen MR) is 177 cm³/mol. The van der Waals surface area contributed by atoms with E-state index in [2.05, 4.69) is 25.4 Å². The molecule has 3 aliphatic heterocycles. The SMILES string of the molecule is CCn1cc(-c2nnc(-c3cn4c5c(c(N6CCN(C)CC6)c(F)cc5c3=O)OCC4C)o2)c(=O)c2cc(F)c(N3CCNCC3)nc21. The molecule has 2 fully saturated rings. The molecule has 0 aliphatic carbocycles. The molecular formula is C33H35F2N9O4. The van der Waals surface area contributed by atoms with Crippen LogP contribution in [0.25, 0.3) is 44.8 Å². The molecule has 13 nitrogen and oxygen atoms in total. The molecule has 3 aliphatic rings. The van der Waals surface area contributed by atoms with Crippen LogP contribution in [0.3, 0.4) is 0 Å². The highest BCUT2D eigenvalue weighted by Gasteiger charge is 2.31. The largest absolute Gasteiger partial charge is 0.487 e. The van der Waals surface area contributed by atoms with Gasteiger partial charge in [-0.15, -0.1) is 10.2 Å². The fraction of sp³-hybridized carbons (Fsp3) is 0.424. The summed E-state index contributed by atoms with van der Waals surface area (Å²) < 4.78 is 46.9. The van der Waals surface area contributed by atoms with E-state index in [9.17, 15) is 9.59 Å². The van der Waals surface area contributed by atoms with E-state index in [-0.39, 0.29) is 52.1 Å². The number of rotatable bonds is 5. The molecule has 5 aromatic rings. The molecule has 250 valence electrons. The first-order valence-corrected chi connectivity index (χ1v) is 16.2. The van der Waals surface area contributed by atoms with E-state index < -0.39 is 22.5 Å². The van der Waals surface area contributed by atoms with E-state index >= 15 is 8.78 Å². The average Bonchev–Trinajstić information content (AvgIpc) is 3.58. The van der Waals surface area contributed by atoms with E-state index in [1.807, 2.05) is 35.3 Å². The van der Waals surface area contributed by atoms with Crippen LogP contribution in [0.2, 0.25) is 0 Å². The Balaban J connectivity index is 1.22. The molecule has 15 heteroatoms. The number of fused-ring (bicyclic) bond motifs is 1. The Labute approximate surface area is 273 Å². The van der Waals surface area contributed by atoms with E-state index in [0.717, 1.165) is 13.1 Å². The van der Waals surface area contributed by atoms with Crippen LogP contribution in [0.15, 0.2) is 38.5 Å². The van der Waals surface area contributed by atoms with E-state index in [0.29, 0.717) is 68.4 Å². The van der Waals surface area contributed by atoms with Crippen LogP contribution in [-0.2, 0) is 6.54 Å². The highest BCUT2D eigenvalue weighted by molar-refractivity contribution is 5.94. The van der Waals surface area contributed by atoms with Gasteiger partial charge >= 0.3 is 0 Å². The second-order valence-electron chi connectivity index (χ2n) is 12.6. The lowest BCUT2D eigenvalue weighted by Crippen LogP contribution is -2.45. The Bertz CT molecular complexity index is 2200. The van der Waals surface area contributed by atoms with Crippen molar-refractivity contribution in [2.45, 2.75) is 26.4 Å². The molecule has 1 N–H and O–H groups in total. The predicted octanol–water partition coefficient (Wildman–Crippen LogP) is 2.84. The summed E-state index contributed by atoms with van der Waals surface area (Å²) in [5.74, 6) is -0.830. The van der Waals surface area contributed by atoms with Crippen molar-refractivity contribution < 1.29 is 17.9 Å². The minimum Gasteiger partial charge on any atom is -0.487 e. The third kappa shape index (κ3) is 4.82. The average molecular weight is 660 g/mol. The highest BCUT2D eigenvalue weighted by atomic mass is 19.1. The Morgan fingerprint density at radius 1 is 0.896 bits per heavy atom. The standard InChI is InChI=1S/C33H35F2N9O4/c1-4-41-15-21(28(46)20-14-24(35)31(37-30(20)41)43-7-5-36-6-8-43)32-38-39-33(48-32)22-16-44-18(2)17-47-29-25(44)19(27(22)45)13-23(34)26(29)42-11-9-40(3)10-12-42/h13-16,18,36H,4-12,17H2,1-3H3. The number of ether oxygens (including phenoxy) is 1. The fourth-order valence-electron chi connectivity index (χ4n) is 6.90. The zero-order chi connectivity index (χ0) is 33.3. The summed E-state index contributed by atoms with van der Waals surface area (Å²) in [6, 6.07) is 2.28. The Morgan fingerprint density at radius 3 is 2.27 bits per heavy atom. The van der Waals surface area contributed by atoms with Crippen LogP contribution in [0, 0.1) is 11.6 Å². The molecule has 0 spiro atoms. The lowest BCUT2D eigenvalue weighted by molar-refractivity contribution is 0.245. The number of hydrogen-bond donors (Lipinski definition) is 1. The third-order valence-corrected chi connectivity index (χ3v) is 9.59. The molecule has 48 heavy (non-hydrogen) atoms. The van der Waals surface area contributed by atoms with Crippen LogP contribution in [-0.4, -0.2) is 95.2 Å². The number of pyridine rings is 3. The molecule has 1 aromatic carbocycles. The maximum atomic E-state index is 15.8. The number of piperazine rings is 2. The Morgan fingerprint density at radius 2 is 1.56 bits per heavy atom. The molecule has 0 bridgehead atoms. The smallest absolute Gasteiger partial charge is 0.253 e. The maximum absolute atomic E-state index is 15.8. The number of benzene rings is 1. The number of anilines is 2. The van der Waals surface area contributed by atoms with Gasteiger partial charge in [-0.1, -0.05) is 0 Å². The molecule has 4 aromatic heterocycles. The first kappa shape index (κ1) is 30.4. The van der Waals surface area contributed by atoms with Crippen molar-refractivity contribution >= 4 is 33.4 Å². The zero-order valence-electron chi connectivity index (χ0n) is 26.9. The van der Waals surface area contributed by atoms with E-state index in [1.54, 1.807) is 17.0 Å². The van der Waals surface area contributed by atoms with Gasteiger partial charge in [-0.3, -0.25) is 9.59 Å². The minimum atomic E-state index is -0.592. The second kappa shape index (κ2) is 11.7. The van der Waals surface area contributed by atoms with Crippen LogP contribution >= 0.6 is 0 Å². The normalized spacial score (nSPS) is 18.6. The number of nitrogens with zero attached hydrogens (tertiary/aromatic N) is 8. The lowest BCUT2D eigenvalue weighted by Gasteiger charge is -2.37. The topological polar surface area (TPSA) is 127 Å². The van der Waals surface area contributed by atoms with Gasteiger partial charge in [0.05, 0.1) is 22.3 Å². The fourth-order valence-corrected chi connectivity index (χ4v) is 6.90. The molecule has 1 unspecified atom stereocenters. The van der Waals surface area contributed by atoms with Crippen LogP contribution in [0.5, 0.6) is 5.75 Å². The van der Waals surface area contributed by atoms with Gasteiger partial charge in [-0.2, -0.15) is 0 Å². The summed E-state index contributed by atoms with van der Waals surface area (Å²) >= 11 is 0. The zero-order valence-corrected chi connectivity index (χ0v) is 26.9. The van der Waals surface area contributed by atoms with Crippen molar-refractivity contribution in [2.24, 2.45) is 0 Å². The molecule has 0 amide bonds. The molecule has 0 saturated carbocycles. The number of aryl methyl sites for hydroxylation is 1. The van der Waals surface area contributed by atoms with Crippen molar-refractivity contribution in [2.75, 3.05) is 75.8 Å². The summed E-state index contributed by atoms with van der Waals surface area (Å²) in [5.41, 5.74) is 0.298. The monoisotopic (exact) mass is 659 g/mol. The summed E-state index contributed by atoms with van der Waals surface area (Å²) in [7, 11) is 2.03. The molecule has 2 saturated heterocycles. The van der Waals surface area contributed by atoms with Crippen molar-refractivity contribution in [1.29, 1.82) is 0 Å². The van der Waals surface area contributed by atoms with Crippen molar-refractivity contribution in [1.82, 2.24) is 34.5 Å². The summed E-state index contributed by atoms with van der Waals surface area (Å²) in [4.78, 5) is 38.3. The highest BCUT2D eigenvalue weighted by Crippen LogP contribution is 2.42. The van der Waals surface area contributed by atoms with Gasteiger partial charge < -0.3 is 38.3 Å². The van der Waals surface area contributed by atoms with Gasteiger partial charge in [0, 0.05) is 71.3 Å². The first-order chi connectivity index (χ1) is 23.2. The van der Waals surface area contributed by atoms with Gasteiger partial charge in [0.1, 0.15) is 29.1 Å². The summed E-state index contributed by atoms with van der Waals surface area (Å²) in [6.45, 7) is 9.98. The number of hydrogen-bond acceptors (Lipinski definition) is 11. The van der Waals surface area contributed by atoms with Crippen molar-refractivity contribution in [3.05, 3.63) is 56.6 Å². The van der Waals surface area contributed by atoms with E-state index in [1.165, 1.54) is 12.1 Å². The van der Waals surface area contributed by atoms with Crippen LogP contribution < -0.4 is 30.7 Å². The van der Waals surface area contributed by atoms with Gasteiger partial charge in [-0.05, 0) is 33.0 Å². The van der Waals surface area contributed by atoms with Crippen LogP contribution in [0.1, 0.15) is 19.9 Å². The summed E-state index contributed by atoms with van der Waals surface area (Å²) in [5, 5.41) is 11.7. The lowest BCUT2D eigenvalue weighted by atomic mass is 10.1. The van der Waals surface area contributed by atoms with Gasteiger partial charge in [0.25, 0.3) is 11.8 Å². The van der Waals surface area contributed by atoms with Gasteiger partial charge in [0.2, 0.25) is 10.9 Å². The number of aromatic nitrogens is 5. The van der Waals surface area contributed by atoms with E-state index in [4.69, 9.17) is 9.15 Å². The number of halogens is 2. The molecule has 1 atom stereocenters. The first-order valence-electron chi connectivity index (χ1n) is 16.2. The minimum absolute atomic E-state index is 0.0494. The molecular weight excluding hydrogens is 624 g/mol. The second-order valence-corrected chi connectivity index (χ2v) is 12.6. The molecule has 8 rings (SSSR count). The number of likely N-dealkylation sites (N-methyl/N-ethyl adjacent to an activating group) is 1. The third-order valence-electron chi connectivity index (χ3n) is 9.59. The Hall–Kier alpha value is -4.89. The molecule has 0 radical (unpaired) electrons. The summed E-state index contributed by atoms with van der Waals surface area (Å²) in [6.07, 6.45) is 3.19. The van der Waals surface area contributed by atoms with Gasteiger partial charge in [0.15, 0.2) is 23.2 Å². The quantitative estimate of drug-likeness (QED) is 0.299. The van der Waals surface area contributed by atoms with Crippen molar-refractivity contribution in [3.63, 3.8) is 0 Å². The van der Waals surface area contributed by atoms with Crippen LogP contribution in [0.4, 0.5) is 20.3 Å². The molecule has 7 heterocycles. The number of nitrogens with one attached hydrogen (secondary N) is 1. The maximum Gasteiger partial charge on any atom is 0.253 e. The van der Waals surface area contributed by atoms with Crippen molar-refractivity contribution in [3.8, 4) is 28.7 Å². The Kier molecular flexibility index (Phi) is 7.40. The van der Waals surface area contributed by atoms with Gasteiger partial charge in [-0.25, -0.2) is 13.8 Å².